The maximum atomic E-state index is 12.8. The van der Waals surface area contributed by atoms with Crippen molar-refractivity contribution in [2.45, 2.75) is 31.7 Å². The summed E-state index contributed by atoms with van der Waals surface area (Å²) in [6.45, 7) is 1.16. The number of ketones is 1. The van der Waals surface area contributed by atoms with Crippen molar-refractivity contribution in [3.05, 3.63) is 35.9 Å². The van der Waals surface area contributed by atoms with E-state index in [4.69, 9.17) is 0 Å². The van der Waals surface area contributed by atoms with Crippen LogP contribution in [0.5, 0.6) is 0 Å². The highest BCUT2D eigenvalue weighted by Gasteiger charge is 2.52. The molecule has 2 N–H and O–H groups in total. The van der Waals surface area contributed by atoms with E-state index in [0.29, 0.717) is 17.0 Å². The number of amides is 4. The first-order valence-electron chi connectivity index (χ1n) is 8.06. The third kappa shape index (κ3) is 4.03. The molecule has 134 valence electrons. The van der Waals surface area contributed by atoms with Crippen LogP contribution in [0.3, 0.4) is 0 Å². The number of rotatable bonds is 9. The van der Waals surface area contributed by atoms with E-state index in [-0.39, 0.29) is 25.2 Å². The number of carbonyl (C=O) groups is 4. The van der Waals surface area contributed by atoms with Crippen molar-refractivity contribution in [3.8, 4) is 0 Å². The summed E-state index contributed by atoms with van der Waals surface area (Å²) in [7, 11) is 0. The van der Waals surface area contributed by atoms with Crippen molar-refractivity contribution in [2.24, 2.45) is 0 Å². The number of benzene rings is 1. The van der Waals surface area contributed by atoms with Gasteiger partial charge < -0.3 is 5.32 Å². The summed E-state index contributed by atoms with van der Waals surface area (Å²) in [5.74, 6) is -0.984. The van der Waals surface area contributed by atoms with Gasteiger partial charge in [0.2, 0.25) is 6.41 Å². The molecule has 1 aromatic carbocycles. The number of nitrogens with one attached hydrogen (secondary N) is 1. The third-order valence-corrected chi connectivity index (χ3v) is 4.15. The van der Waals surface area contributed by atoms with Gasteiger partial charge in [-0.25, -0.2) is 9.86 Å². The first kappa shape index (κ1) is 18.6. The second kappa shape index (κ2) is 7.89. The molecule has 8 heteroatoms. The van der Waals surface area contributed by atoms with E-state index in [1.807, 2.05) is 6.92 Å². The van der Waals surface area contributed by atoms with Gasteiger partial charge in [0, 0.05) is 5.56 Å². The second-order valence-corrected chi connectivity index (χ2v) is 6.00. The van der Waals surface area contributed by atoms with E-state index in [1.54, 1.807) is 30.3 Å². The molecule has 8 nitrogen and oxygen atoms in total. The van der Waals surface area contributed by atoms with Gasteiger partial charge in [-0.05, 0) is 6.42 Å². The van der Waals surface area contributed by atoms with E-state index >= 15 is 0 Å². The van der Waals surface area contributed by atoms with Crippen LogP contribution >= 0.6 is 0 Å². The van der Waals surface area contributed by atoms with Crippen LogP contribution in [0.15, 0.2) is 30.3 Å². The number of unbranched alkanes of at least 4 members (excludes halogenated alkanes) is 1. The molecule has 1 aliphatic heterocycles. The molecule has 1 unspecified atom stereocenters. The normalized spacial score (nSPS) is 19.7. The standard InChI is InChI=1S/C17H21N3O5/c1-2-3-9-17(11-19(25)12-21)15(23)20(16(24)18-17)10-14(22)13-7-5-4-6-8-13/h4-8,12,25H,2-3,9-11H2,1H3,(H,18,24). The lowest BCUT2D eigenvalue weighted by molar-refractivity contribution is -0.157. The summed E-state index contributed by atoms with van der Waals surface area (Å²) in [5.41, 5.74) is -1.02. The molecule has 0 aromatic heterocycles. The maximum absolute atomic E-state index is 12.8. The highest BCUT2D eigenvalue weighted by atomic mass is 16.5. The van der Waals surface area contributed by atoms with Crippen molar-refractivity contribution >= 4 is 24.1 Å². The molecule has 1 aliphatic rings. The van der Waals surface area contributed by atoms with Crippen LogP contribution in [0.4, 0.5) is 4.79 Å². The fourth-order valence-electron chi connectivity index (χ4n) is 2.83. The summed E-state index contributed by atoms with van der Waals surface area (Å²) >= 11 is 0. The Morgan fingerprint density at radius 3 is 2.60 bits per heavy atom. The van der Waals surface area contributed by atoms with Gasteiger partial charge in [-0.2, -0.15) is 0 Å². The second-order valence-electron chi connectivity index (χ2n) is 6.00. The van der Waals surface area contributed by atoms with Crippen molar-refractivity contribution in [2.75, 3.05) is 13.1 Å². The van der Waals surface area contributed by atoms with Crippen molar-refractivity contribution in [1.82, 2.24) is 15.3 Å². The summed E-state index contributed by atoms with van der Waals surface area (Å²) < 4.78 is 0. The number of carbonyl (C=O) groups excluding carboxylic acids is 4. The van der Waals surface area contributed by atoms with E-state index < -0.39 is 24.0 Å². The van der Waals surface area contributed by atoms with Crippen LogP contribution in [0.2, 0.25) is 0 Å². The zero-order valence-corrected chi connectivity index (χ0v) is 14.0. The van der Waals surface area contributed by atoms with Gasteiger partial charge in [-0.3, -0.25) is 24.5 Å². The highest BCUT2D eigenvalue weighted by Crippen LogP contribution is 2.25. The Kier molecular flexibility index (Phi) is 5.87. The van der Waals surface area contributed by atoms with Crippen LogP contribution in [-0.2, 0) is 9.59 Å². The molecule has 1 saturated heterocycles. The predicted octanol–water partition coefficient (Wildman–Crippen LogP) is 1.20. The number of imide groups is 1. The van der Waals surface area contributed by atoms with Gasteiger partial charge >= 0.3 is 6.03 Å². The summed E-state index contributed by atoms with van der Waals surface area (Å²) in [6.07, 6.45) is 1.81. The van der Waals surface area contributed by atoms with Gasteiger partial charge in [0.05, 0.1) is 13.1 Å². The van der Waals surface area contributed by atoms with Crippen molar-refractivity contribution < 1.29 is 24.4 Å². The van der Waals surface area contributed by atoms with Gasteiger partial charge in [-0.15, -0.1) is 0 Å². The first-order valence-corrected chi connectivity index (χ1v) is 8.06. The minimum atomic E-state index is -1.42. The van der Waals surface area contributed by atoms with Crippen LogP contribution in [0.25, 0.3) is 0 Å². The molecule has 25 heavy (non-hydrogen) atoms. The van der Waals surface area contributed by atoms with Crippen molar-refractivity contribution in [1.29, 1.82) is 0 Å². The summed E-state index contributed by atoms with van der Waals surface area (Å²) in [4.78, 5) is 48.9. The average Bonchev–Trinajstić information content (AvgIpc) is 2.85. The molecule has 4 amide bonds. The molecule has 0 spiro atoms. The molecule has 1 aromatic rings. The van der Waals surface area contributed by atoms with Crippen LogP contribution < -0.4 is 5.32 Å². The number of hydrogen-bond acceptors (Lipinski definition) is 5. The zero-order chi connectivity index (χ0) is 18.4. The lowest BCUT2D eigenvalue weighted by Gasteiger charge is -2.28. The Morgan fingerprint density at radius 2 is 2.00 bits per heavy atom. The monoisotopic (exact) mass is 347 g/mol. The molecule has 0 saturated carbocycles. The number of Topliss-reactive ketones (excluding diaryl/α,β-unsaturated/α-hetero) is 1. The fraction of sp³-hybridized carbons (Fsp3) is 0.412. The topological polar surface area (TPSA) is 107 Å². The Hall–Kier alpha value is -2.74. The van der Waals surface area contributed by atoms with E-state index in [2.05, 4.69) is 5.32 Å². The number of hydrogen-bond donors (Lipinski definition) is 2. The van der Waals surface area contributed by atoms with Gasteiger partial charge in [0.25, 0.3) is 5.91 Å². The number of nitrogens with zero attached hydrogens (tertiary/aromatic N) is 2. The first-order chi connectivity index (χ1) is 11.9. The van der Waals surface area contributed by atoms with Gasteiger partial charge in [-0.1, -0.05) is 50.1 Å². The Bertz CT molecular complexity index is 664. The molecule has 1 heterocycles. The molecule has 0 radical (unpaired) electrons. The maximum Gasteiger partial charge on any atom is 0.325 e. The van der Waals surface area contributed by atoms with Crippen molar-refractivity contribution in [3.63, 3.8) is 0 Å². The molecular weight excluding hydrogens is 326 g/mol. The van der Waals surface area contributed by atoms with Crippen LogP contribution in [0.1, 0.15) is 36.5 Å². The summed E-state index contributed by atoms with van der Waals surface area (Å²) in [6, 6.07) is 7.65. The van der Waals surface area contributed by atoms with Crippen LogP contribution in [-0.4, -0.2) is 57.9 Å². The fourth-order valence-corrected chi connectivity index (χ4v) is 2.83. The lowest BCUT2D eigenvalue weighted by Crippen LogP contribution is -2.54. The Labute approximate surface area is 145 Å². The molecule has 0 bridgehead atoms. The van der Waals surface area contributed by atoms with E-state index in [9.17, 15) is 24.4 Å². The van der Waals surface area contributed by atoms with E-state index in [1.165, 1.54) is 0 Å². The molecule has 1 atom stereocenters. The van der Waals surface area contributed by atoms with E-state index in [0.717, 1.165) is 11.3 Å². The lowest BCUT2D eigenvalue weighted by atomic mass is 9.92. The smallest absolute Gasteiger partial charge is 0.321 e. The molecule has 2 rings (SSSR count). The minimum Gasteiger partial charge on any atom is -0.321 e. The molecule has 0 aliphatic carbocycles. The zero-order valence-electron chi connectivity index (χ0n) is 14.0. The Balaban J connectivity index is 2.20. The largest absolute Gasteiger partial charge is 0.325 e. The average molecular weight is 347 g/mol. The SMILES string of the molecule is CCCCC1(CN(O)C=O)NC(=O)N(CC(=O)c2ccccc2)C1=O. The van der Waals surface area contributed by atoms with Gasteiger partial charge in [0.15, 0.2) is 5.78 Å². The quantitative estimate of drug-likeness (QED) is 0.229. The summed E-state index contributed by atoms with van der Waals surface area (Å²) in [5, 5.41) is 12.4. The van der Waals surface area contributed by atoms with Crippen LogP contribution in [0, 0.1) is 0 Å². The number of urea groups is 1. The minimum absolute atomic E-state index is 0.172. The number of hydroxylamine groups is 2. The predicted molar refractivity (Wildman–Crippen MR) is 87.8 cm³/mol. The molecule has 1 fully saturated rings. The highest BCUT2D eigenvalue weighted by molar-refractivity contribution is 6.11. The Morgan fingerprint density at radius 1 is 1.32 bits per heavy atom. The molecular formula is C17H21N3O5. The third-order valence-electron chi connectivity index (χ3n) is 4.15. The van der Waals surface area contributed by atoms with Gasteiger partial charge in [0.1, 0.15) is 5.54 Å².